The molecule has 3 unspecified atom stereocenters. The molecule has 0 fully saturated rings. The lowest BCUT2D eigenvalue weighted by Gasteiger charge is -2.06. The maximum Gasteiger partial charge on any atom is 0.805 e. The molecule has 2 N–H and O–H groups in total. The van der Waals surface area contributed by atoms with E-state index in [1.807, 2.05) is 89.2 Å². The molecule has 0 bridgehead atoms. The third-order valence-corrected chi connectivity index (χ3v) is 9.18. The fourth-order valence-corrected chi connectivity index (χ4v) is 6.38. The van der Waals surface area contributed by atoms with Gasteiger partial charge in [-0.05, 0) is 84.9 Å². The Labute approximate surface area is 455 Å². The van der Waals surface area contributed by atoms with E-state index in [-0.39, 0.29) is 46.0 Å². The van der Waals surface area contributed by atoms with Crippen molar-refractivity contribution in [2.24, 2.45) is 0 Å². The van der Waals surface area contributed by atoms with Crippen molar-refractivity contribution < 1.29 is 75.1 Å². The molecule has 408 valence electrons. The molecule has 0 aliphatic heterocycles. The predicted octanol–water partition coefficient (Wildman–Crippen LogP) is 19.3. The van der Waals surface area contributed by atoms with E-state index in [0.29, 0.717) is 17.2 Å². The zero-order valence-corrected chi connectivity index (χ0v) is 48.2. The maximum absolute atomic E-state index is 12.2. The zero-order valence-electron chi connectivity index (χ0n) is 44.7. The Morgan fingerprint density at radius 3 is 0.816 bits per heavy atom. The minimum Gasteiger partial charge on any atom is -0.508 e. The number of carbonyl (C=O) groups is 2. The summed E-state index contributed by atoms with van der Waals surface area (Å²) in [4.78, 5) is 23.6. The van der Waals surface area contributed by atoms with E-state index in [2.05, 4.69) is 4.52 Å². The minimum absolute atomic E-state index is 0.0161. The first-order valence-electron chi connectivity index (χ1n) is 24.2. The van der Waals surface area contributed by atoms with Crippen molar-refractivity contribution in [3.8, 4) is 63.2 Å². The summed E-state index contributed by atoms with van der Waals surface area (Å²) in [6.45, 7) is 24.0. The molecule has 0 aliphatic rings. The summed E-state index contributed by atoms with van der Waals surface area (Å²) in [7, 11) is -7.06. The highest BCUT2D eigenvalue weighted by Gasteiger charge is 2.26. The number of para-hydroxylation sites is 3. The molecule has 20 heteroatoms. The Morgan fingerprint density at radius 2 is 0.539 bits per heavy atom. The Bertz CT molecular complexity index is 2500. The van der Waals surface area contributed by atoms with Crippen molar-refractivity contribution in [2.45, 2.75) is 83.1 Å². The van der Waals surface area contributed by atoms with Gasteiger partial charge >= 0.3 is 36.2 Å². The van der Waals surface area contributed by atoms with Crippen LogP contribution in [-0.2, 0) is 13.7 Å². The molecule has 0 radical (unpaired) electrons. The van der Waals surface area contributed by atoms with Gasteiger partial charge in [0.2, 0.25) is 0 Å². The van der Waals surface area contributed by atoms with E-state index in [9.17, 15) is 33.5 Å². The molecule has 0 aliphatic carbocycles. The fraction of sp³-hybridized carbons (Fsp3) is 0.214. The van der Waals surface area contributed by atoms with Gasteiger partial charge in [0.05, 0.1) is 0 Å². The van der Waals surface area contributed by atoms with Crippen molar-refractivity contribution in [3.05, 3.63) is 188 Å². The monoisotopic (exact) mass is 1130 g/mol. The molecule has 0 amide bonds. The predicted molar refractivity (Wildman–Crippen MR) is 302 cm³/mol. The summed E-state index contributed by atoms with van der Waals surface area (Å²) in [5.41, 5.74) is 0. The quantitative estimate of drug-likeness (QED) is 0.0589. The highest BCUT2D eigenvalue weighted by Crippen LogP contribution is 2.34. The average molecular weight is 1130 g/mol. The molecule has 0 saturated carbocycles. The summed E-state index contributed by atoms with van der Waals surface area (Å²) in [5.74, 6) is 2.10. The summed E-state index contributed by atoms with van der Waals surface area (Å²) < 4.78 is 80.1. The molecule has 76 heavy (non-hydrogen) atoms. The van der Waals surface area contributed by atoms with Gasteiger partial charge in [0.15, 0.2) is 28.7 Å². The number of halogens is 1. The second kappa shape index (κ2) is 45.9. The van der Waals surface area contributed by atoms with Gasteiger partial charge in [0.1, 0.15) is 34.5 Å². The molecular weight excluding hydrogens is 1060 g/mol. The summed E-state index contributed by atoms with van der Waals surface area (Å²) >= 11 is 5.10. The van der Waals surface area contributed by atoms with Crippen LogP contribution < -0.4 is 41.6 Å². The van der Waals surface area contributed by atoms with Gasteiger partial charge < -0.3 is 29.2 Å². The van der Waals surface area contributed by atoms with Crippen LogP contribution in [-0.4, -0.2) is 22.5 Å². The number of benzene rings is 7. The number of phenols is 2. The molecule has 7 aromatic rings. The Kier molecular flexibility index (Phi) is 42.4. The molecule has 0 heterocycles. The van der Waals surface area contributed by atoms with Gasteiger partial charge in [-0.1, -0.05) is 162 Å². The van der Waals surface area contributed by atoms with Crippen molar-refractivity contribution in [3.63, 3.8) is 0 Å². The number of rotatable bonds is 14. The molecule has 0 aromatic heterocycles. The molecule has 0 spiro atoms. The Morgan fingerprint density at radius 1 is 0.316 bits per heavy atom. The fourth-order valence-electron chi connectivity index (χ4n) is 4.62. The van der Waals surface area contributed by atoms with Gasteiger partial charge in [-0.25, -0.2) is 32.2 Å². The Balaban J connectivity index is 0. The van der Waals surface area contributed by atoms with Gasteiger partial charge in [0.25, 0.3) is 11.2 Å². The van der Waals surface area contributed by atoms with Crippen LogP contribution in [0.4, 0.5) is 9.59 Å². The zero-order chi connectivity index (χ0) is 57.5. The van der Waals surface area contributed by atoms with E-state index < -0.39 is 36.2 Å². The topological polar surface area (TPSA) is 209 Å². The highest BCUT2D eigenvalue weighted by atomic mass is 35.7. The second-order valence-electron chi connectivity index (χ2n) is 11.9. The van der Waals surface area contributed by atoms with E-state index in [1.165, 1.54) is 84.9 Å². The van der Waals surface area contributed by atoms with Crippen LogP contribution in [0.2, 0.25) is 0 Å². The van der Waals surface area contributed by atoms with Crippen LogP contribution in [0.1, 0.15) is 83.1 Å². The summed E-state index contributed by atoms with van der Waals surface area (Å²) in [6, 6.07) is 49.3. The van der Waals surface area contributed by atoms with Crippen LogP contribution >= 0.6 is 35.1 Å². The number of ether oxygens (including phenoxy) is 4. The molecular formula is C56H69ClO16P3+3. The lowest BCUT2D eigenvalue weighted by atomic mass is 10.3. The minimum atomic E-state index is -2.50. The van der Waals surface area contributed by atoms with E-state index in [0.717, 1.165) is 0 Å². The number of carbonyl (C=O) groups excluding carboxylic acids is 2. The molecule has 7 rings (SSSR count). The number of hydrogen-bond acceptors (Lipinski definition) is 16. The lowest BCUT2D eigenvalue weighted by molar-refractivity contribution is 0.150. The first-order valence-corrected chi connectivity index (χ1v) is 28.4. The summed E-state index contributed by atoms with van der Waals surface area (Å²) in [6.07, 6.45) is -2.00. The highest BCUT2D eigenvalue weighted by molar-refractivity contribution is 7.70. The van der Waals surface area contributed by atoms with Crippen LogP contribution in [0.5, 0.6) is 63.2 Å². The standard InChI is InChI=1S/C25H18O9P2.C13H10O5.C6H5ClO2P.6C2H6/c26-25(29-21-13-7-15-23(17-21)33-35(27)31-19-9-3-1-4-10-19)30-22-14-8-16-24(18-22)34-36(28)32-20-11-5-2-6-12-20;14-9-3-1-5-11(7-9)17-13(16)18-12-6-2-4-10(15)8-12;7-10(8)9-6-4-2-1-3-5-6;6*1-2/h1-18H;1-8,14-15H;1-5H;6*1-2H3/q+2;;+1;;;;;;. The Hall–Kier alpha value is -7.73. The number of hydrogen-bond donors (Lipinski definition) is 2. The van der Waals surface area contributed by atoms with E-state index >= 15 is 0 Å². The molecule has 3 atom stereocenters. The first-order chi connectivity index (χ1) is 36.9. The second-order valence-corrected chi connectivity index (χ2v) is 15.0. The summed E-state index contributed by atoms with van der Waals surface area (Å²) in [5, 5.41) is 18.4. The van der Waals surface area contributed by atoms with Gasteiger partial charge in [-0.15, -0.1) is 0 Å². The van der Waals surface area contributed by atoms with Crippen molar-refractivity contribution in [2.75, 3.05) is 0 Å². The van der Waals surface area contributed by atoms with Crippen molar-refractivity contribution >= 4 is 47.4 Å². The first kappa shape index (κ1) is 70.3. The third kappa shape index (κ3) is 33.2. The van der Waals surface area contributed by atoms with E-state index in [4.69, 9.17) is 48.3 Å². The SMILES string of the molecule is CC.CC.CC.CC.CC.CC.O=C(Oc1cccc(O)c1)Oc1cccc(O)c1.O=C(Oc1cccc(O[P+](=O)Oc2ccccc2)c1)Oc1cccc(O[P+](=O)Oc2ccccc2)c1.O=[P+](Cl)Oc1ccccc1. The number of aromatic hydroxyl groups is 2. The van der Waals surface area contributed by atoms with Crippen molar-refractivity contribution in [1.82, 2.24) is 0 Å². The maximum atomic E-state index is 12.2. The average Bonchev–Trinajstić information content (AvgIpc) is 3.43. The molecule has 7 aromatic carbocycles. The largest absolute Gasteiger partial charge is 0.805 e. The van der Waals surface area contributed by atoms with Crippen LogP contribution in [0, 0.1) is 0 Å². The van der Waals surface area contributed by atoms with Gasteiger partial charge in [0, 0.05) is 38.0 Å². The van der Waals surface area contributed by atoms with Crippen LogP contribution in [0.15, 0.2) is 188 Å². The van der Waals surface area contributed by atoms with E-state index in [1.54, 1.807) is 97.1 Å². The molecule has 16 nitrogen and oxygen atoms in total. The normalized spacial score (nSPS) is 9.41. The van der Waals surface area contributed by atoms with Gasteiger partial charge in [-0.2, -0.15) is 0 Å². The third-order valence-electron chi connectivity index (χ3n) is 7.18. The number of phenolic OH excluding ortho intramolecular Hbond substituents is 2. The molecule has 0 saturated heterocycles. The van der Waals surface area contributed by atoms with Gasteiger partial charge in [-0.3, -0.25) is 0 Å². The smallest absolute Gasteiger partial charge is 0.508 e. The van der Waals surface area contributed by atoms with Crippen LogP contribution in [0.25, 0.3) is 0 Å². The lowest BCUT2D eigenvalue weighted by Crippen LogP contribution is -2.13. The van der Waals surface area contributed by atoms with Crippen molar-refractivity contribution in [1.29, 1.82) is 0 Å². The van der Waals surface area contributed by atoms with Crippen LogP contribution in [0.3, 0.4) is 0 Å².